The average molecular weight is 322 g/mol. The highest BCUT2D eigenvalue weighted by molar-refractivity contribution is 9.10. The first-order valence-electron chi connectivity index (χ1n) is 6.06. The summed E-state index contributed by atoms with van der Waals surface area (Å²) >= 11 is 3.36. The lowest BCUT2D eigenvalue weighted by Gasteiger charge is -2.11. The number of ether oxygens (including phenoxy) is 1. The Morgan fingerprint density at radius 1 is 1.16 bits per heavy atom. The van der Waals surface area contributed by atoms with Crippen molar-refractivity contribution in [1.82, 2.24) is 0 Å². The van der Waals surface area contributed by atoms with Gasteiger partial charge in [-0.05, 0) is 51.7 Å². The van der Waals surface area contributed by atoms with Gasteiger partial charge in [-0.15, -0.1) is 0 Å². The first kappa shape index (κ1) is 13.9. The van der Waals surface area contributed by atoms with E-state index in [0.29, 0.717) is 18.7 Å². The van der Waals surface area contributed by atoms with Crippen molar-refractivity contribution < 1.29 is 9.84 Å². The molecule has 0 aliphatic carbocycles. The Bertz CT molecular complexity index is 558. The molecule has 0 aromatic heterocycles. The summed E-state index contributed by atoms with van der Waals surface area (Å²) in [5.41, 5.74) is 8.55. The quantitative estimate of drug-likeness (QED) is 0.832. The molecule has 19 heavy (non-hydrogen) atoms. The van der Waals surface area contributed by atoms with Crippen LogP contribution in [-0.2, 0) is 13.0 Å². The molecular formula is C15H16BrNO2. The zero-order chi connectivity index (χ0) is 13.7. The van der Waals surface area contributed by atoms with Gasteiger partial charge in [0.1, 0.15) is 12.4 Å². The number of anilines is 1. The first-order chi connectivity index (χ1) is 9.20. The van der Waals surface area contributed by atoms with Gasteiger partial charge in [-0.2, -0.15) is 0 Å². The highest BCUT2D eigenvalue weighted by Crippen LogP contribution is 2.23. The molecule has 3 N–H and O–H groups in total. The van der Waals surface area contributed by atoms with Gasteiger partial charge in [0.2, 0.25) is 0 Å². The Balaban J connectivity index is 2.07. The molecule has 0 heterocycles. The lowest BCUT2D eigenvalue weighted by atomic mass is 10.1. The minimum Gasteiger partial charge on any atom is -0.489 e. The van der Waals surface area contributed by atoms with Gasteiger partial charge in [-0.1, -0.05) is 24.3 Å². The molecule has 0 amide bonds. The Kier molecular flexibility index (Phi) is 4.82. The highest BCUT2D eigenvalue weighted by Gasteiger charge is 2.04. The van der Waals surface area contributed by atoms with Crippen molar-refractivity contribution >= 4 is 21.6 Å². The van der Waals surface area contributed by atoms with Crippen LogP contribution in [0.3, 0.4) is 0 Å². The highest BCUT2D eigenvalue weighted by atomic mass is 79.9. The summed E-state index contributed by atoms with van der Waals surface area (Å²) in [6, 6.07) is 13.5. The van der Waals surface area contributed by atoms with Gasteiger partial charge in [-0.25, -0.2) is 0 Å². The van der Waals surface area contributed by atoms with Crippen molar-refractivity contribution in [1.29, 1.82) is 0 Å². The predicted molar refractivity (Wildman–Crippen MR) is 80.1 cm³/mol. The number of para-hydroxylation sites is 1. The van der Waals surface area contributed by atoms with Crippen molar-refractivity contribution in [3.05, 3.63) is 58.1 Å². The number of hydrogen-bond donors (Lipinski definition) is 2. The third kappa shape index (κ3) is 3.72. The van der Waals surface area contributed by atoms with E-state index < -0.39 is 0 Å². The molecule has 3 nitrogen and oxygen atoms in total. The standard InChI is InChI=1S/C15H16BrNO2/c16-13-6-5-11(9-14(13)17)10-19-15-4-2-1-3-12(15)7-8-18/h1-6,9,18H,7-8,10,17H2. The van der Waals surface area contributed by atoms with E-state index in [4.69, 9.17) is 15.6 Å². The van der Waals surface area contributed by atoms with E-state index in [1.165, 1.54) is 0 Å². The SMILES string of the molecule is Nc1cc(COc2ccccc2CCO)ccc1Br. The van der Waals surface area contributed by atoms with Crippen LogP contribution in [-0.4, -0.2) is 11.7 Å². The Morgan fingerprint density at radius 2 is 1.95 bits per heavy atom. The fraction of sp³-hybridized carbons (Fsp3) is 0.200. The minimum absolute atomic E-state index is 0.117. The molecule has 0 fully saturated rings. The number of aliphatic hydroxyl groups is 1. The number of hydrogen-bond acceptors (Lipinski definition) is 3. The van der Waals surface area contributed by atoms with Crippen LogP contribution >= 0.6 is 15.9 Å². The number of rotatable bonds is 5. The van der Waals surface area contributed by atoms with Gasteiger partial charge in [0.05, 0.1) is 0 Å². The lowest BCUT2D eigenvalue weighted by Crippen LogP contribution is -2.01. The van der Waals surface area contributed by atoms with Gasteiger partial charge in [0.15, 0.2) is 0 Å². The second kappa shape index (κ2) is 6.59. The van der Waals surface area contributed by atoms with Crippen molar-refractivity contribution in [2.75, 3.05) is 12.3 Å². The molecule has 2 aromatic carbocycles. The number of aliphatic hydroxyl groups excluding tert-OH is 1. The Labute approximate surface area is 121 Å². The van der Waals surface area contributed by atoms with E-state index in [-0.39, 0.29) is 6.61 Å². The summed E-state index contributed by atoms with van der Waals surface area (Å²) in [5.74, 6) is 0.804. The van der Waals surface area contributed by atoms with E-state index in [1.807, 2.05) is 42.5 Å². The summed E-state index contributed by atoms with van der Waals surface area (Å²) < 4.78 is 6.67. The molecule has 0 radical (unpaired) electrons. The summed E-state index contributed by atoms with van der Waals surface area (Å²) in [5, 5.41) is 9.02. The molecule has 0 bridgehead atoms. The molecule has 2 rings (SSSR count). The summed E-state index contributed by atoms with van der Waals surface area (Å²) in [6.07, 6.45) is 0.596. The van der Waals surface area contributed by atoms with Crippen LogP contribution in [0.5, 0.6) is 5.75 Å². The van der Waals surface area contributed by atoms with Gasteiger partial charge in [0, 0.05) is 16.8 Å². The van der Waals surface area contributed by atoms with E-state index in [0.717, 1.165) is 21.3 Å². The maximum absolute atomic E-state index is 9.02. The predicted octanol–water partition coefficient (Wildman–Crippen LogP) is 3.15. The zero-order valence-electron chi connectivity index (χ0n) is 10.5. The fourth-order valence-corrected chi connectivity index (χ4v) is 2.06. The van der Waals surface area contributed by atoms with Crippen molar-refractivity contribution in [2.24, 2.45) is 0 Å². The molecule has 0 saturated heterocycles. The lowest BCUT2D eigenvalue weighted by molar-refractivity contribution is 0.284. The van der Waals surface area contributed by atoms with E-state index >= 15 is 0 Å². The smallest absolute Gasteiger partial charge is 0.123 e. The van der Waals surface area contributed by atoms with Crippen LogP contribution in [0, 0.1) is 0 Å². The molecule has 0 aliphatic rings. The van der Waals surface area contributed by atoms with Crippen LogP contribution in [0.25, 0.3) is 0 Å². The van der Waals surface area contributed by atoms with E-state index in [2.05, 4.69) is 15.9 Å². The van der Waals surface area contributed by atoms with Crippen LogP contribution < -0.4 is 10.5 Å². The molecule has 0 spiro atoms. The average Bonchev–Trinajstić information content (AvgIpc) is 2.42. The van der Waals surface area contributed by atoms with Crippen LogP contribution in [0.4, 0.5) is 5.69 Å². The largest absolute Gasteiger partial charge is 0.489 e. The maximum atomic E-state index is 9.02. The third-order valence-electron chi connectivity index (χ3n) is 2.81. The topological polar surface area (TPSA) is 55.5 Å². The second-order valence-corrected chi connectivity index (χ2v) is 5.08. The van der Waals surface area contributed by atoms with Gasteiger partial charge in [0.25, 0.3) is 0 Å². The number of nitrogens with two attached hydrogens (primary N) is 1. The van der Waals surface area contributed by atoms with E-state index in [1.54, 1.807) is 0 Å². The van der Waals surface area contributed by atoms with Crippen LogP contribution in [0.2, 0.25) is 0 Å². The third-order valence-corrected chi connectivity index (χ3v) is 3.53. The summed E-state index contributed by atoms with van der Waals surface area (Å²) in [6.45, 7) is 0.575. The molecule has 0 atom stereocenters. The molecule has 0 saturated carbocycles. The van der Waals surface area contributed by atoms with Crippen molar-refractivity contribution in [3.8, 4) is 5.75 Å². The molecule has 4 heteroatoms. The van der Waals surface area contributed by atoms with Crippen molar-refractivity contribution in [3.63, 3.8) is 0 Å². The molecule has 100 valence electrons. The zero-order valence-corrected chi connectivity index (χ0v) is 12.1. The van der Waals surface area contributed by atoms with Crippen molar-refractivity contribution in [2.45, 2.75) is 13.0 Å². The van der Waals surface area contributed by atoms with Gasteiger partial charge >= 0.3 is 0 Å². The molecule has 0 unspecified atom stereocenters. The monoisotopic (exact) mass is 321 g/mol. The van der Waals surface area contributed by atoms with Crippen LogP contribution in [0.15, 0.2) is 46.9 Å². The molecule has 2 aromatic rings. The number of benzene rings is 2. The van der Waals surface area contributed by atoms with E-state index in [9.17, 15) is 0 Å². The number of nitrogen functional groups attached to an aromatic ring is 1. The number of halogens is 1. The van der Waals surface area contributed by atoms with Crippen LogP contribution in [0.1, 0.15) is 11.1 Å². The Hall–Kier alpha value is -1.52. The van der Waals surface area contributed by atoms with Gasteiger partial charge in [-0.3, -0.25) is 0 Å². The summed E-state index contributed by atoms with van der Waals surface area (Å²) in [7, 11) is 0. The normalized spacial score (nSPS) is 10.4. The maximum Gasteiger partial charge on any atom is 0.123 e. The molecule has 0 aliphatic heterocycles. The molecular weight excluding hydrogens is 306 g/mol. The second-order valence-electron chi connectivity index (χ2n) is 4.23. The van der Waals surface area contributed by atoms with Gasteiger partial charge < -0.3 is 15.6 Å². The Morgan fingerprint density at radius 3 is 2.68 bits per heavy atom. The first-order valence-corrected chi connectivity index (χ1v) is 6.85. The minimum atomic E-state index is 0.117. The summed E-state index contributed by atoms with van der Waals surface area (Å²) in [4.78, 5) is 0. The fourth-order valence-electron chi connectivity index (χ4n) is 1.82.